The van der Waals surface area contributed by atoms with Crippen molar-refractivity contribution in [1.29, 1.82) is 0 Å². The van der Waals surface area contributed by atoms with E-state index in [0.29, 0.717) is 36.9 Å². The van der Waals surface area contributed by atoms with Crippen LogP contribution >= 0.6 is 11.3 Å². The Labute approximate surface area is 180 Å². The van der Waals surface area contributed by atoms with Crippen molar-refractivity contribution in [3.05, 3.63) is 47.1 Å². The first-order valence-corrected chi connectivity index (χ1v) is 12.4. The summed E-state index contributed by atoms with van der Waals surface area (Å²) in [6, 6.07) is 11.0. The average molecular weight is 447 g/mol. The lowest BCUT2D eigenvalue weighted by Gasteiger charge is -2.28. The highest BCUT2D eigenvalue weighted by atomic mass is 32.2. The first kappa shape index (κ1) is 21.0. The smallest absolute Gasteiger partial charge is 0.261 e. The van der Waals surface area contributed by atoms with Crippen molar-refractivity contribution in [3.63, 3.8) is 0 Å². The van der Waals surface area contributed by atoms with Gasteiger partial charge in [-0.15, -0.1) is 11.3 Å². The Morgan fingerprint density at radius 1 is 1.20 bits per heavy atom. The van der Waals surface area contributed by atoms with E-state index in [2.05, 4.69) is 17.2 Å². The molecule has 1 saturated heterocycles. The van der Waals surface area contributed by atoms with Crippen molar-refractivity contribution in [2.45, 2.75) is 30.4 Å². The number of aromatic nitrogens is 2. The molecule has 4 rings (SSSR count). The molecular formula is C21H26N4O3S2. The number of carbonyl (C=O) groups is 1. The molecule has 3 aromatic rings. The third-order valence-electron chi connectivity index (χ3n) is 5.66. The second-order valence-corrected chi connectivity index (χ2v) is 11.0. The summed E-state index contributed by atoms with van der Waals surface area (Å²) in [6.07, 6.45) is 2.35. The van der Waals surface area contributed by atoms with Crippen molar-refractivity contribution in [2.75, 3.05) is 19.6 Å². The Balaban J connectivity index is 1.37. The number of amides is 1. The van der Waals surface area contributed by atoms with Crippen LogP contribution in [0.25, 0.3) is 11.0 Å². The Morgan fingerprint density at radius 2 is 1.93 bits per heavy atom. The summed E-state index contributed by atoms with van der Waals surface area (Å²) in [7, 11) is -1.56. The molecule has 0 saturated carbocycles. The third kappa shape index (κ3) is 4.14. The van der Waals surface area contributed by atoms with Gasteiger partial charge in [-0.25, -0.2) is 13.4 Å². The fourth-order valence-electron chi connectivity index (χ4n) is 3.73. The summed E-state index contributed by atoms with van der Waals surface area (Å²) >= 11 is 1.03. The minimum absolute atomic E-state index is 0.234. The van der Waals surface area contributed by atoms with Gasteiger partial charge in [0.05, 0.1) is 15.9 Å². The van der Waals surface area contributed by atoms with Gasteiger partial charge in [0.1, 0.15) is 10.0 Å². The number of hydrogen-bond donors (Lipinski definition) is 1. The summed E-state index contributed by atoms with van der Waals surface area (Å²) in [4.78, 5) is 17.5. The summed E-state index contributed by atoms with van der Waals surface area (Å²) in [5, 5.41) is 2.88. The maximum Gasteiger partial charge on any atom is 0.261 e. The molecule has 9 heteroatoms. The van der Waals surface area contributed by atoms with Crippen LogP contribution in [-0.2, 0) is 23.5 Å². The summed E-state index contributed by atoms with van der Waals surface area (Å²) in [5.74, 6) is 1.19. The van der Waals surface area contributed by atoms with Crippen LogP contribution in [0.15, 0.2) is 40.6 Å². The van der Waals surface area contributed by atoms with Crippen molar-refractivity contribution in [2.24, 2.45) is 13.0 Å². The number of nitrogens with one attached hydrogen (secondary N) is 1. The SMILES string of the molecule is CC1CCN(S(=O)(=O)c2ccc(C(=O)NCCc3nc4ccccc4n3C)s2)CC1. The van der Waals surface area contributed by atoms with Gasteiger partial charge >= 0.3 is 0 Å². The number of piperidine rings is 1. The lowest BCUT2D eigenvalue weighted by Crippen LogP contribution is -2.37. The van der Waals surface area contributed by atoms with Gasteiger partial charge in [-0.3, -0.25) is 4.79 Å². The van der Waals surface area contributed by atoms with Gasteiger partial charge < -0.3 is 9.88 Å². The molecule has 1 N–H and O–H groups in total. The highest BCUT2D eigenvalue weighted by molar-refractivity contribution is 7.91. The molecule has 0 aliphatic carbocycles. The zero-order valence-electron chi connectivity index (χ0n) is 17.2. The van der Waals surface area contributed by atoms with Crippen molar-refractivity contribution >= 4 is 38.3 Å². The lowest BCUT2D eigenvalue weighted by molar-refractivity contribution is 0.0958. The standard InChI is InChI=1S/C21H26N4O3S2/c1-15-10-13-25(14-11-15)30(27,28)20-8-7-18(29-20)21(26)22-12-9-19-23-16-5-3-4-6-17(16)24(19)2/h3-8,15H,9-14H2,1-2H3,(H,22,26). The first-order valence-electron chi connectivity index (χ1n) is 10.1. The van der Waals surface area contributed by atoms with Crippen LogP contribution in [0.4, 0.5) is 0 Å². The third-order valence-corrected chi connectivity index (χ3v) is 9.11. The molecule has 0 spiro atoms. The molecular weight excluding hydrogens is 420 g/mol. The maximum absolute atomic E-state index is 12.8. The number of thiophene rings is 1. The van der Waals surface area contributed by atoms with E-state index in [1.165, 1.54) is 4.31 Å². The second kappa shape index (κ2) is 8.49. The predicted molar refractivity (Wildman–Crippen MR) is 118 cm³/mol. The van der Waals surface area contributed by atoms with Crippen molar-refractivity contribution in [3.8, 4) is 0 Å². The Kier molecular flexibility index (Phi) is 5.95. The predicted octanol–water partition coefficient (Wildman–Crippen LogP) is 3.03. The van der Waals surface area contributed by atoms with Crippen LogP contribution in [0.2, 0.25) is 0 Å². The van der Waals surface area contributed by atoms with E-state index in [1.807, 2.05) is 35.9 Å². The largest absolute Gasteiger partial charge is 0.351 e. The zero-order valence-corrected chi connectivity index (χ0v) is 18.8. The number of fused-ring (bicyclic) bond motifs is 1. The minimum Gasteiger partial charge on any atom is -0.351 e. The molecule has 0 unspecified atom stereocenters. The summed E-state index contributed by atoms with van der Waals surface area (Å²) < 4.78 is 29.5. The second-order valence-electron chi connectivity index (χ2n) is 7.79. The molecule has 0 radical (unpaired) electrons. The Bertz CT molecular complexity index is 1160. The van der Waals surface area contributed by atoms with Crippen LogP contribution in [0.1, 0.15) is 35.3 Å². The lowest BCUT2D eigenvalue weighted by atomic mass is 10.0. The monoisotopic (exact) mass is 446 g/mol. The van der Waals surface area contributed by atoms with Crippen LogP contribution in [0, 0.1) is 5.92 Å². The quantitative estimate of drug-likeness (QED) is 0.631. The number of hydrogen-bond acceptors (Lipinski definition) is 5. The van der Waals surface area contributed by atoms with Crippen LogP contribution in [0.5, 0.6) is 0 Å². The van der Waals surface area contributed by atoms with Crippen LogP contribution < -0.4 is 5.32 Å². The zero-order chi connectivity index (χ0) is 21.3. The molecule has 1 amide bonds. The molecule has 30 heavy (non-hydrogen) atoms. The summed E-state index contributed by atoms with van der Waals surface area (Å²) in [5.41, 5.74) is 1.99. The number of imidazole rings is 1. The van der Waals surface area contributed by atoms with E-state index < -0.39 is 10.0 Å². The number of rotatable bonds is 6. The van der Waals surface area contributed by atoms with Gasteiger partial charge in [0.15, 0.2) is 0 Å². The van der Waals surface area contributed by atoms with Gasteiger partial charge in [0.2, 0.25) is 0 Å². The number of nitrogens with zero attached hydrogens (tertiary/aromatic N) is 3. The highest BCUT2D eigenvalue weighted by Gasteiger charge is 2.29. The number of carbonyl (C=O) groups excluding carboxylic acids is 1. The normalized spacial score (nSPS) is 16.2. The van der Waals surface area contributed by atoms with E-state index in [9.17, 15) is 13.2 Å². The molecule has 1 aliphatic rings. The molecule has 1 aliphatic heterocycles. The molecule has 0 bridgehead atoms. The van der Waals surface area contributed by atoms with Gasteiger partial charge in [0, 0.05) is 33.1 Å². The molecule has 0 atom stereocenters. The topological polar surface area (TPSA) is 84.3 Å². The fraction of sp³-hybridized carbons (Fsp3) is 0.429. The number of sulfonamides is 1. The van der Waals surface area contributed by atoms with Crippen LogP contribution in [-0.4, -0.2) is 47.8 Å². The van der Waals surface area contributed by atoms with Crippen molar-refractivity contribution < 1.29 is 13.2 Å². The first-order chi connectivity index (χ1) is 14.4. The molecule has 3 heterocycles. The fourth-order valence-corrected chi connectivity index (χ4v) is 6.57. The van der Waals surface area contributed by atoms with E-state index in [-0.39, 0.29) is 10.1 Å². The number of benzene rings is 1. The van der Waals surface area contributed by atoms with E-state index in [0.717, 1.165) is 41.0 Å². The van der Waals surface area contributed by atoms with Gasteiger partial charge in [-0.1, -0.05) is 19.1 Å². The molecule has 1 fully saturated rings. The van der Waals surface area contributed by atoms with Crippen molar-refractivity contribution in [1.82, 2.24) is 19.2 Å². The maximum atomic E-state index is 12.8. The van der Waals surface area contributed by atoms with Gasteiger partial charge in [-0.05, 0) is 43.0 Å². The van der Waals surface area contributed by atoms with Gasteiger partial charge in [0.25, 0.3) is 15.9 Å². The Hall–Kier alpha value is -2.23. The molecule has 7 nitrogen and oxygen atoms in total. The molecule has 1 aromatic carbocycles. The van der Waals surface area contributed by atoms with E-state index in [4.69, 9.17) is 0 Å². The molecule has 2 aromatic heterocycles. The highest BCUT2D eigenvalue weighted by Crippen LogP contribution is 2.28. The van der Waals surface area contributed by atoms with Gasteiger partial charge in [-0.2, -0.15) is 4.31 Å². The molecule has 160 valence electrons. The van der Waals surface area contributed by atoms with E-state index >= 15 is 0 Å². The summed E-state index contributed by atoms with van der Waals surface area (Å²) in [6.45, 7) is 3.66. The van der Waals surface area contributed by atoms with E-state index in [1.54, 1.807) is 12.1 Å². The minimum atomic E-state index is -3.52. The van der Waals surface area contributed by atoms with Crippen LogP contribution in [0.3, 0.4) is 0 Å². The Morgan fingerprint density at radius 3 is 2.67 bits per heavy atom. The average Bonchev–Trinajstić information content (AvgIpc) is 3.35. The number of aryl methyl sites for hydroxylation is 1. The number of para-hydroxylation sites is 2.